The van der Waals surface area contributed by atoms with Crippen molar-refractivity contribution >= 4 is 17.6 Å². The molecule has 0 aliphatic carbocycles. The molecule has 0 fully saturated rings. The maximum Gasteiger partial charge on any atom is 0.328 e. The summed E-state index contributed by atoms with van der Waals surface area (Å²) in [6.45, 7) is 1.75. The van der Waals surface area contributed by atoms with E-state index in [2.05, 4.69) is 4.98 Å². The first-order valence-electron chi connectivity index (χ1n) is 4.78. The van der Waals surface area contributed by atoms with Gasteiger partial charge in [-0.15, -0.1) is 0 Å². The summed E-state index contributed by atoms with van der Waals surface area (Å²) in [6, 6.07) is 1.49. The molecule has 16 heavy (non-hydrogen) atoms. The number of aromatic nitrogens is 1. The number of nitrogens with two attached hydrogens (primary N) is 1. The summed E-state index contributed by atoms with van der Waals surface area (Å²) in [4.78, 5) is 15.2. The highest BCUT2D eigenvalue weighted by atomic mass is 35.5. The number of aliphatic carboxylic acids is 1. The number of nitrogens with zero attached hydrogens (tertiary/aromatic N) is 1. The van der Waals surface area contributed by atoms with Crippen LogP contribution in [0.5, 0.6) is 5.88 Å². The van der Waals surface area contributed by atoms with E-state index in [1.807, 2.05) is 0 Å². The Balaban J connectivity index is 2.60. The molecule has 0 unspecified atom stereocenters. The van der Waals surface area contributed by atoms with Crippen LogP contribution in [-0.2, 0) is 10.3 Å². The number of rotatable bonds is 1. The van der Waals surface area contributed by atoms with E-state index < -0.39 is 11.5 Å². The third kappa shape index (κ3) is 1.62. The van der Waals surface area contributed by atoms with Crippen molar-refractivity contribution in [2.75, 3.05) is 0 Å². The number of pyridine rings is 1. The number of hydrogen-bond acceptors (Lipinski definition) is 4. The topological polar surface area (TPSA) is 85.4 Å². The van der Waals surface area contributed by atoms with Gasteiger partial charge in [-0.2, -0.15) is 0 Å². The Labute approximate surface area is 97.2 Å². The van der Waals surface area contributed by atoms with Gasteiger partial charge in [-0.3, -0.25) is 0 Å². The summed E-state index contributed by atoms with van der Waals surface area (Å²) < 4.78 is 5.42. The fourth-order valence-corrected chi connectivity index (χ4v) is 2.00. The van der Waals surface area contributed by atoms with Crippen molar-refractivity contribution in [3.05, 3.63) is 22.8 Å². The normalized spacial score (nSPS) is 28.1. The molecular weight excluding hydrogens is 232 g/mol. The van der Waals surface area contributed by atoms with Crippen LogP contribution in [0, 0.1) is 0 Å². The van der Waals surface area contributed by atoms with Gasteiger partial charge >= 0.3 is 5.97 Å². The first-order valence-corrected chi connectivity index (χ1v) is 5.16. The molecule has 0 radical (unpaired) electrons. The summed E-state index contributed by atoms with van der Waals surface area (Å²) >= 11 is 5.78. The van der Waals surface area contributed by atoms with Crippen LogP contribution in [-0.4, -0.2) is 22.2 Å². The maximum absolute atomic E-state index is 11.2. The van der Waals surface area contributed by atoms with Crippen LogP contribution in [0.2, 0.25) is 5.02 Å². The van der Waals surface area contributed by atoms with Crippen LogP contribution in [0.25, 0.3) is 0 Å². The monoisotopic (exact) mass is 242 g/mol. The average Bonchev–Trinajstić information content (AvgIpc) is 2.19. The van der Waals surface area contributed by atoms with Crippen LogP contribution < -0.4 is 10.5 Å². The van der Waals surface area contributed by atoms with Gasteiger partial charge in [0.15, 0.2) is 0 Å². The van der Waals surface area contributed by atoms with Crippen molar-refractivity contribution in [2.24, 2.45) is 5.73 Å². The Morgan fingerprint density at radius 3 is 3.12 bits per heavy atom. The van der Waals surface area contributed by atoms with Crippen LogP contribution in [0.1, 0.15) is 18.9 Å². The Kier molecular flexibility index (Phi) is 2.52. The Bertz CT molecular complexity index is 452. The molecule has 5 nitrogen and oxygen atoms in total. The molecule has 0 saturated heterocycles. The Hall–Kier alpha value is -1.33. The predicted octanol–water partition coefficient (Wildman–Crippen LogP) is 1.14. The highest BCUT2D eigenvalue weighted by Crippen LogP contribution is 2.37. The largest absolute Gasteiger partial charge is 0.480 e. The van der Waals surface area contributed by atoms with Gasteiger partial charge in [-0.1, -0.05) is 11.6 Å². The Morgan fingerprint density at radius 1 is 1.81 bits per heavy atom. The third-order valence-electron chi connectivity index (χ3n) is 2.60. The number of carboxylic acids is 1. The fraction of sp³-hybridized carbons (Fsp3) is 0.400. The van der Waals surface area contributed by atoms with Crippen molar-refractivity contribution in [1.29, 1.82) is 0 Å². The standard InChI is InChI=1S/C10H11ClN2O3/c1-5-3-10(12,9(14)15)7-2-6(11)4-13-8(7)16-5/h2,4-5H,3,12H2,1H3,(H,14,15)/t5-,10-/m0/s1. The van der Waals surface area contributed by atoms with E-state index in [0.29, 0.717) is 10.6 Å². The lowest BCUT2D eigenvalue weighted by atomic mass is 9.84. The molecule has 2 heterocycles. The highest BCUT2D eigenvalue weighted by Gasteiger charge is 2.44. The summed E-state index contributed by atoms with van der Waals surface area (Å²) in [5.74, 6) is -0.860. The van der Waals surface area contributed by atoms with E-state index in [-0.39, 0.29) is 18.4 Å². The van der Waals surface area contributed by atoms with Gasteiger partial charge in [-0.05, 0) is 13.0 Å². The molecule has 6 heteroatoms. The van der Waals surface area contributed by atoms with Crippen molar-refractivity contribution in [1.82, 2.24) is 4.98 Å². The van der Waals surface area contributed by atoms with Crippen molar-refractivity contribution in [2.45, 2.75) is 25.0 Å². The highest BCUT2D eigenvalue weighted by molar-refractivity contribution is 6.30. The zero-order valence-electron chi connectivity index (χ0n) is 8.61. The third-order valence-corrected chi connectivity index (χ3v) is 2.81. The number of halogens is 1. The van der Waals surface area contributed by atoms with Crippen LogP contribution >= 0.6 is 11.6 Å². The van der Waals surface area contributed by atoms with Gasteiger partial charge in [0.25, 0.3) is 0 Å². The Morgan fingerprint density at radius 2 is 2.50 bits per heavy atom. The predicted molar refractivity (Wildman–Crippen MR) is 57.5 cm³/mol. The molecule has 0 saturated carbocycles. The van der Waals surface area contributed by atoms with E-state index in [1.165, 1.54) is 12.3 Å². The molecule has 1 aromatic heterocycles. The number of carbonyl (C=O) groups is 1. The molecule has 1 aromatic rings. The average molecular weight is 243 g/mol. The summed E-state index contributed by atoms with van der Waals surface area (Å²) in [6.07, 6.45) is 1.31. The second kappa shape index (κ2) is 3.61. The van der Waals surface area contributed by atoms with Crippen LogP contribution in [0.15, 0.2) is 12.3 Å². The molecular formula is C10H11ClN2O3. The summed E-state index contributed by atoms with van der Waals surface area (Å²) in [5.41, 5.74) is 4.74. The first-order chi connectivity index (χ1) is 7.43. The molecule has 1 aliphatic heterocycles. The van der Waals surface area contributed by atoms with E-state index in [0.717, 1.165) is 0 Å². The van der Waals surface area contributed by atoms with E-state index >= 15 is 0 Å². The molecule has 2 rings (SSSR count). The van der Waals surface area contributed by atoms with Gasteiger partial charge in [-0.25, -0.2) is 9.78 Å². The maximum atomic E-state index is 11.2. The molecule has 0 spiro atoms. The number of ether oxygens (including phenoxy) is 1. The van der Waals surface area contributed by atoms with Crippen molar-refractivity contribution < 1.29 is 14.6 Å². The number of fused-ring (bicyclic) bond motifs is 1. The zero-order chi connectivity index (χ0) is 11.9. The van der Waals surface area contributed by atoms with Gasteiger partial charge in [0.05, 0.1) is 5.02 Å². The first kappa shape index (κ1) is 11.2. The minimum Gasteiger partial charge on any atom is -0.480 e. The second-order valence-electron chi connectivity index (χ2n) is 3.92. The minimum absolute atomic E-state index is 0.192. The molecule has 3 N–H and O–H groups in total. The van der Waals surface area contributed by atoms with Crippen molar-refractivity contribution in [3.63, 3.8) is 0 Å². The summed E-state index contributed by atoms with van der Waals surface area (Å²) in [5, 5.41) is 9.54. The quantitative estimate of drug-likeness (QED) is 0.772. The van der Waals surface area contributed by atoms with Gasteiger partial charge in [0.2, 0.25) is 5.88 Å². The van der Waals surface area contributed by atoms with Gasteiger partial charge in [0, 0.05) is 18.2 Å². The van der Waals surface area contributed by atoms with Crippen molar-refractivity contribution in [3.8, 4) is 5.88 Å². The zero-order valence-corrected chi connectivity index (χ0v) is 9.36. The fourth-order valence-electron chi connectivity index (χ4n) is 1.84. The van der Waals surface area contributed by atoms with Crippen LogP contribution in [0.3, 0.4) is 0 Å². The van der Waals surface area contributed by atoms with E-state index in [9.17, 15) is 9.90 Å². The second-order valence-corrected chi connectivity index (χ2v) is 4.35. The smallest absolute Gasteiger partial charge is 0.328 e. The van der Waals surface area contributed by atoms with Crippen LogP contribution in [0.4, 0.5) is 0 Å². The SMILES string of the molecule is C[C@H]1C[C@@](N)(C(=O)O)c2cc(Cl)cnc2O1. The summed E-state index contributed by atoms with van der Waals surface area (Å²) in [7, 11) is 0. The lowest BCUT2D eigenvalue weighted by Gasteiger charge is -2.34. The molecule has 2 atom stereocenters. The minimum atomic E-state index is -1.48. The van der Waals surface area contributed by atoms with Gasteiger partial charge in [0.1, 0.15) is 11.6 Å². The number of carboxylic acid groups (broad SMARTS) is 1. The molecule has 0 bridgehead atoms. The molecule has 0 amide bonds. The van der Waals surface area contributed by atoms with Gasteiger partial charge < -0.3 is 15.6 Å². The molecule has 86 valence electrons. The number of hydrogen-bond donors (Lipinski definition) is 2. The van der Waals surface area contributed by atoms with E-state index in [4.69, 9.17) is 22.1 Å². The molecule has 1 aliphatic rings. The lowest BCUT2D eigenvalue weighted by molar-refractivity contribution is -0.145. The van der Waals surface area contributed by atoms with E-state index in [1.54, 1.807) is 6.92 Å². The molecule has 0 aromatic carbocycles. The lowest BCUT2D eigenvalue weighted by Crippen LogP contribution is -2.50.